The Hall–Kier alpha value is -2.17. The standard InChI is InChI=1S/C21H26FNO8/c1-18-6-5-12(25)7-11(18)3-4-13-14-8-15(26)21(28,16(27)10-24)19(14,2)9-17(20(13,18)22)31-23(29)30/h5-7,13-15,17,24,26,28H,3-4,8-10H2,1-2H3/t13-,14-,15?,17?,18-,19-,20-,21-/m0/s1. The van der Waals surface area contributed by atoms with E-state index in [1.807, 2.05) is 0 Å². The normalized spacial score (nSPS) is 48.3. The van der Waals surface area contributed by atoms with Crippen LogP contribution in [0.15, 0.2) is 23.8 Å². The highest BCUT2D eigenvalue weighted by Crippen LogP contribution is 2.70. The molecule has 0 aromatic rings. The second-order valence-electron chi connectivity index (χ2n) is 9.67. The van der Waals surface area contributed by atoms with Gasteiger partial charge in [0.2, 0.25) is 0 Å². The van der Waals surface area contributed by atoms with Gasteiger partial charge in [-0.15, -0.1) is 10.1 Å². The Morgan fingerprint density at radius 3 is 2.68 bits per heavy atom. The third-order valence-electron chi connectivity index (χ3n) is 8.62. The quantitative estimate of drug-likeness (QED) is 0.431. The number of hydrogen-bond donors (Lipinski definition) is 3. The van der Waals surface area contributed by atoms with Gasteiger partial charge in [-0.3, -0.25) is 9.59 Å². The van der Waals surface area contributed by atoms with Crippen molar-refractivity contribution in [3.8, 4) is 0 Å². The maximum Gasteiger partial charge on any atom is 0.294 e. The van der Waals surface area contributed by atoms with Gasteiger partial charge in [0.15, 0.2) is 22.8 Å². The van der Waals surface area contributed by atoms with Crippen molar-refractivity contribution < 1.29 is 39.2 Å². The summed E-state index contributed by atoms with van der Waals surface area (Å²) in [4.78, 5) is 40.6. The number of hydrogen-bond acceptors (Lipinski definition) is 8. The summed E-state index contributed by atoms with van der Waals surface area (Å²) >= 11 is 0. The maximum atomic E-state index is 17.2. The molecule has 0 aromatic carbocycles. The number of aliphatic hydroxyl groups is 3. The van der Waals surface area contributed by atoms with Crippen LogP contribution in [-0.2, 0) is 14.4 Å². The molecule has 0 radical (unpaired) electrons. The van der Waals surface area contributed by atoms with Crippen LogP contribution < -0.4 is 0 Å². The highest BCUT2D eigenvalue weighted by Gasteiger charge is 2.77. The van der Waals surface area contributed by atoms with E-state index in [0.717, 1.165) is 0 Å². The minimum atomic E-state index is -2.39. The zero-order chi connectivity index (χ0) is 23.0. The summed E-state index contributed by atoms with van der Waals surface area (Å²) in [7, 11) is 0. The van der Waals surface area contributed by atoms with Crippen LogP contribution >= 0.6 is 0 Å². The van der Waals surface area contributed by atoms with Gasteiger partial charge in [-0.25, -0.2) is 4.39 Å². The first-order valence-corrected chi connectivity index (χ1v) is 10.3. The number of nitrogens with zero attached hydrogens (tertiary/aromatic N) is 1. The van der Waals surface area contributed by atoms with Crippen LogP contribution in [0.2, 0.25) is 0 Å². The van der Waals surface area contributed by atoms with Crippen molar-refractivity contribution in [1.29, 1.82) is 0 Å². The SMILES string of the molecule is C[C@]12C=CC(=O)C=C1CC[C@H]1[C@@H]3CC(O)[C@](O)(C(=O)CO)[C@@]3(C)CC(O[N+](=O)[O-])[C@@]12F. The lowest BCUT2D eigenvalue weighted by Gasteiger charge is -2.62. The molecule has 31 heavy (non-hydrogen) atoms. The van der Waals surface area contributed by atoms with Crippen molar-refractivity contribution >= 4 is 11.6 Å². The van der Waals surface area contributed by atoms with Gasteiger partial charge >= 0.3 is 0 Å². The number of carbonyl (C=O) groups excluding carboxylic acids is 2. The predicted octanol–water partition coefficient (Wildman–Crippen LogP) is 0.837. The second-order valence-corrected chi connectivity index (χ2v) is 9.67. The Morgan fingerprint density at radius 1 is 1.39 bits per heavy atom. The van der Waals surface area contributed by atoms with Crippen molar-refractivity contribution in [1.82, 2.24) is 0 Å². The smallest absolute Gasteiger partial charge is 0.294 e. The van der Waals surface area contributed by atoms with Crippen LogP contribution in [0.1, 0.15) is 39.5 Å². The van der Waals surface area contributed by atoms with Crippen molar-refractivity contribution in [2.24, 2.45) is 22.7 Å². The lowest BCUT2D eigenvalue weighted by Crippen LogP contribution is -2.70. The van der Waals surface area contributed by atoms with E-state index in [0.29, 0.717) is 12.0 Å². The van der Waals surface area contributed by atoms with Crippen LogP contribution in [0.3, 0.4) is 0 Å². The van der Waals surface area contributed by atoms with Crippen molar-refractivity contribution in [3.63, 3.8) is 0 Å². The lowest BCUT2D eigenvalue weighted by atomic mass is 9.44. The summed E-state index contributed by atoms with van der Waals surface area (Å²) in [6, 6.07) is 0. The molecular formula is C21H26FNO8. The third kappa shape index (κ3) is 2.52. The number of alkyl halides is 1. The first-order chi connectivity index (χ1) is 14.4. The Kier molecular flexibility index (Phi) is 4.74. The fourth-order valence-corrected chi connectivity index (χ4v) is 7.03. The Bertz CT molecular complexity index is 919. The number of rotatable bonds is 4. The number of Topliss-reactive ketones (excluding diaryl/α,β-unsaturated/α-hetero) is 1. The molecule has 4 aliphatic carbocycles. The molecule has 4 aliphatic rings. The van der Waals surface area contributed by atoms with E-state index in [-0.39, 0.29) is 18.6 Å². The number of allylic oxidation sites excluding steroid dienone is 4. The molecule has 3 saturated carbocycles. The molecular weight excluding hydrogens is 413 g/mol. The van der Waals surface area contributed by atoms with Gasteiger partial charge in [-0.2, -0.15) is 0 Å². The highest BCUT2D eigenvalue weighted by molar-refractivity contribution is 6.01. The molecule has 0 spiro atoms. The van der Waals surface area contributed by atoms with Gasteiger partial charge in [0.05, 0.1) is 6.10 Å². The topological polar surface area (TPSA) is 147 Å². The average molecular weight is 439 g/mol. The first kappa shape index (κ1) is 22.0. The fraction of sp³-hybridized carbons (Fsp3) is 0.714. The number of aliphatic hydroxyl groups excluding tert-OH is 2. The van der Waals surface area contributed by atoms with Gasteiger partial charge in [-0.1, -0.05) is 18.6 Å². The molecule has 170 valence electrons. The van der Waals surface area contributed by atoms with Gasteiger partial charge < -0.3 is 20.2 Å². The van der Waals surface area contributed by atoms with Crippen LogP contribution in [-0.4, -0.2) is 62.1 Å². The Balaban J connectivity index is 1.89. The largest absolute Gasteiger partial charge is 0.390 e. The highest BCUT2D eigenvalue weighted by atomic mass is 19.1. The van der Waals surface area contributed by atoms with Crippen LogP contribution in [0.5, 0.6) is 0 Å². The zero-order valence-corrected chi connectivity index (χ0v) is 17.3. The molecule has 4 rings (SSSR count). The van der Waals surface area contributed by atoms with Gasteiger partial charge in [0.1, 0.15) is 12.7 Å². The van der Waals surface area contributed by atoms with E-state index in [1.54, 1.807) is 6.92 Å². The molecule has 2 unspecified atom stereocenters. The summed E-state index contributed by atoms with van der Waals surface area (Å²) in [6.45, 7) is 2.03. The molecule has 8 atom stereocenters. The van der Waals surface area contributed by atoms with Crippen LogP contribution in [0.25, 0.3) is 0 Å². The molecule has 0 amide bonds. The van der Waals surface area contributed by atoms with E-state index in [1.165, 1.54) is 25.2 Å². The van der Waals surface area contributed by atoms with Gasteiger partial charge in [0, 0.05) is 16.7 Å². The fourth-order valence-electron chi connectivity index (χ4n) is 7.03. The third-order valence-corrected chi connectivity index (χ3v) is 8.62. The number of ketones is 2. The molecule has 0 bridgehead atoms. The van der Waals surface area contributed by atoms with Crippen molar-refractivity contribution in [3.05, 3.63) is 33.9 Å². The van der Waals surface area contributed by atoms with Crippen molar-refractivity contribution in [2.75, 3.05) is 6.61 Å². The van der Waals surface area contributed by atoms with Crippen LogP contribution in [0.4, 0.5) is 4.39 Å². The van der Waals surface area contributed by atoms with Crippen molar-refractivity contribution in [2.45, 2.75) is 63.0 Å². The zero-order valence-electron chi connectivity index (χ0n) is 17.3. The minimum Gasteiger partial charge on any atom is -0.390 e. The molecule has 0 saturated heterocycles. The van der Waals surface area contributed by atoms with Gasteiger partial charge in [-0.05, 0) is 50.7 Å². The second kappa shape index (κ2) is 6.66. The summed E-state index contributed by atoms with van der Waals surface area (Å²) in [5.41, 5.74) is -7.02. The molecule has 3 fully saturated rings. The van der Waals surface area contributed by atoms with E-state index in [2.05, 4.69) is 0 Å². The number of fused-ring (bicyclic) bond motifs is 5. The molecule has 0 aliphatic heterocycles. The Morgan fingerprint density at radius 2 is 2.06 bits per heavy atom. The first-order valence-electron chi connectivity index (χ1n) is 10.3. The summed E-state index contributed by atoms with van der Waals surface area (Å²) in [6.07, 6.45) is 0.816. The molecule has 3 N–H and O–H groups in total. The monoisotopic (exact) mass is 439 g/mol. The molecule has 9 nitrogen and oxygen atoms in total. The predicted molar refractivity (Wildman–Crippen MR) is 103 cm³/mol. The van der Waals surface area contributed by atoms with Gasteiger partial charge in [0.25, 0.3) is 5.09 Å². The van der Waals surface area contributed by atoms with E-state index in [9.17, 15) is 35.0 Å². The Labute approximate surface area is 177 Å². The molecule has 10 heteroatoms. The van der Waals surface area contributed by atoms with E-state index >= 15 is 4.39 Å². The van der Waals surface area contributed by atoms with E-state index in [4.69, 9.17) is 4.84 Å². The lowest BCUT2D eigenvalue weighted by molar-refractivity contribution is -0.775. The summed E-state index contributed by atoms with van der Waals surface area (Å²) in [5.74, 6) is -2.90. The van der Waals surface area contributed by atoms with Crippen LogP contribution in [0, 0.1) is 32.8 Å². The molecule has 0 heterocycles. The average Bonchev–Trinajstić information content (AvgIpc) is 2.90. The van der Waals surface area contributed by atoms with E-state index < -0.39 is 70.0 Å². The minimum absolute atomic E-state index is 0.0992. The summed E-state index contributed by atoms with van der Waals surface area (Å²) < 4.78 is 17.2. The maximum absolute atomic E-state index is 17.2. The number of halogens is 1. The molecule has 0 aromatic heterocycles. The summed E-state index contributed by atoms with van der Waals surface area (Å²) in [5, 5.41) is 41.6. The number of carbonyl (C=O) groups is 2.